The number of benzene rings is 2. The van der Waals surface area contributed by atoms with Crippen molar-refractivity contribution in [2.75, 3.05) is 26.2 Å². The van der Waals surface area contributed by atoms with Crippen molar-refractivity contribution in [2.45, 2.75) is 38.6 Å². The van der Waals surface area contributed by atoms with Crippen LogP contribution < -0.4 is 4.90 Å². The van der Waals surface area contributed by atoms with E-state index in [0.29, 0.717) is 0 Å². The molecule has 3 heteroatoms. The van der Waals surface area contributed by atoms with Crippen LogP contribution in [0.3, 0.4) is 0 Å². The van der Waals surface area contributed by atoms with Crippen molar-refractivity contribution in [2.24, 2.45) is 5.92 Å². The molecule has 2 aromatic rings. The fourth-order valence-electron chi connectivity index (χ4n) is 4.79. The van der Waals surface area contributed by atoms with Gasteiger partial charge in [0.15, 0.2) is 0 Å². The van der Waals surface area contributed by atoms with E-state index in [4.69, 9.17) is 0 Å². The van der Waals surface area contributed by atoms with Crippen molar-refractivity contribution in [1.82, 2.24) is 4.90 Å². The van der Waals surface area contributed by atoms with Gasteiger partial charge in [0.1, 0.15) is 0 Å². The van der Waals surface area contributed by atoms with Crippen molar-refractivity contribution >= 4 is 16.7 Å². The second-order valence-electron chi connectivity index (χ2n) is 7.95. The molecule has 0 radical (unpaired) electrons. The van der Waals surface area contributed by atoms with Crippen molar-refractivity contribution in [1.29, 1.82) is 0 Å². The zero-order chi connectivity index (χ0) is 17.2. The fraction of sp³-hybridized carbons (Fsp3) is 0.500. The van der Waals surface area contributed by atoms with E-state index in [1.807, 2.05) is 24.3 Å². The lowest BCUT2D eigenvalue weighted by atomic mass is 9.86. The molecule has 0 unspecified atom stereocenters. The summed E-state index contributed by atoms with van der Waals surface area (Å²) < 4.78 is 0. The highest BCUT2D eigenvalue weighted by Crippen LogP contribution is 2.23. The van der Waals surface area contributed by atoms with E-state index >= 15 is 0 Å². The molecular weight excluding hydrogens is 308 g/mol. The molecule has 1 heterocycles. The molecule has 0 bridgehead atoms. The molecule has 4 rings (SSSR count). The first kappa shape index (κ1) is 16.6. The van der Waals surface area contributed by atoms with Gasteiger partial charge in [0.05, 0.1) is 32.2 Å². The van der Waals surface area contributed by atoms with Crippen LogP contribution >= 0.6 is 0 Å². The van der Waals surface area contributed by atoms with Gasteiger partial charge in [-0.15, -0.1) is 0 Å². The van der Waals surface area contributed by atoms with Crippen LogP contribution in [0.15, 0.2) is 42.5 Å². The zero-order valence-electron chi connectivity index (χ0n) is 15.2. The lowest BCUT2D eigenvalue weighted by Gasteiger charge is -2.39. The number of rotatable bonds is 2. The predicted octanol–water partition coefficient (Wildman–Crippen LogP) is 2.76. The molecule has 132 valence electrons. The lowest BCUT2D eigenvalue weighted by molar-refractivity contribution is -0.930. The van der Waals surface area contributed by atoms with Gasteiger partial charge in [0.25, 0.3) is 5.91 Å². The number of carbonyl (C=O) groups is 1. The first-order valence-corrected chi connectivity index (χ1v) is 9.84. The molecular formula is C22H29N2O+. The summed E-state index contributed by atoms with van der Waals surface area (Å²) in [5.41, 5.74) is 0.854. The molecule has 1 saturated heterocycles. The highest BCUT2D eigenvalue weighted by molar-refractivity contribution is 6.07. The molecule has 25 heavy (non-hydrogen) atoms. The Balaban J connectivity index is 1.44. The predicted molar refractivity (Wildman–Crippen MR) is 102 cm³/mol. The average Bonchev–Trinajstić information content (AvgIpc) is 2.67. The second kappa shape index (κ2) is 7.17. The van der Waals surface area contributed by atoms with Crippen LogP contribution in [-0.4, -0.2) is 43.0 Å². The summed E-state index contributed by atoms with van der Waals surface area (Å²) in [7, 11) is 0. The maximum absolute atomic E-state index is 13.1. The van der Waals surface area contributed by atoms with Gasteiger partial charge in [-0.2, -0.15) is 0 Å². The number of carbonyl (C=O) groups excluding carboxylic acids is 1. The summed E-state index contributed by atoms with van der Waals surface area (Å²) >= 11 is 0. The molecule has 1 saturated carbocycles. The summed E-state index contributed by atoms with van der Waals surface area (Å²) in [6, 6.07) is 15.1. The van der Waals surface area contributed by atoms with Gasteiger partial charge in [-0.05, 0) is 35.6 Å². The van der Waals surface area contributed by atoms with E-state index < -0.39 is 0 Å². The van der Waals surface area contributed by atoms with Crippen LogP contribution in [0.4, 0.5) is 0 Å². The minimum atomic E-state index is 0.202. The zero-order valence-corrected chi connectivity index (χ0v) is 15.2. The topological polar surface area (TPSA) is 24.8 Å². The second-order valence-corrected chi connectivity index (χ2v) is 7.95. The Morgan fingerprint density at radius 3 is 2.60 bits per heavy atom. The smallest absolute Gasteiger partial charge is 0.254 e. The van der Waals surface area contributed by atoms with Crippen LogP contribution in [0.5, 0.6) is 0 Å². The van der Waals surface area contributed by atoms with E-state index in [9.17, 15) is 4.79 Å². The Labute approximate surface area is 150 Å². The summed E-state index contributed by atoms with van der Waals surface area (Å²) in [4.78, 5) is 16.9. The minimum absolute atomic E-state index is 0.202. The Bertz CT molecular complexity index is 743. The molecule has 2 aromatic carbocycles. The molecule has 2 atom stereocenters. The summed E-state index contributed by atoms with van der Waals surface area (Å²) in [5, 5.41) is 2.22. The first-order chi connectivity index (χ1) is 12.2. The van der Waals surface area contributed by atoms with Crippen LogP contribution in [0.25, 0.3) is 10.8 Å². The first-order valence-electron chi connectivity index (χ1n) is 9.84. The fourth-order valence-corrected chi connectivity index (χ4v) is 4.79. The number of hydrogen-bond acceptors (Lipinski definition) is 1. The van der Waals surface area contributed by atoms with Crippen LogP contribution in [0, 0.1) is 5.92 Å². The van der Waals surface area contributed by atoms with Gasteiger partial charge < -0.3 is 9.80 Å². The third kappa shape index (κ3) is 3.43. The Morgan fingerprint density at radius 1 is 1.04 bits per heavy atom. The molecule has 1 aliphatic heterocycles. The van der Waals surface area contributed by atoms with Gasteiger partial charge in [-0.1, -0.05) is 49.7 Å². The number of hydrogen-bond donors (Lipinski definition) is 1. The highest BCUT2D eigenvalue weighted by Gasteiger charge is 2.32. The molecule has 0 aromatic heterocycles. The quantitative estimate of drug-likeness (QED) is 0.895. The maximum atomic E-state index is 13.1. The van der Waals surface area contributed by atoms with Gasteiger partial charge in [0, 0.05) is 12.0 Å². The standard InChI is InChI=1S/C22H28N2O/c1-17-6-4-9-19(16-17)23-12-14-24(15-13-23)22(25)21-11-5-8-18-7-2-3-10-20(18)21/h2-3,5,7-8,10-11,17,19H,4,6,9,12-16H2,1H3/p+1/t17-,19-/m1/s1. The molecule has 1 amide bonds. The number of fused-ring (bicyclic) bond motifs is 1. The van der Waals surface area contributed by atoms with E-state index in [-0.39, 0.29) is 5.91 Å². The van der Waals surface area contributed by atoms with Gasteiger partial charge >= 0.3 is 0 Å². The van der Waals surface area contributed by atoms with Crippen molar-refractivity contribution in [3.63, 3.8) is 0 Å². The number of nitrogens with zero attached hydrogens (tertiary/aromatic N) is 1. The number of piperazine rings is 1. The van der Waals surface area contributed by atoms with Gasteiger partial charge in [-0.25, -0.2) is 0 Å². The van der Waals surface area contributed by atoms with Crippen LogP contribution in [0.2, 0.25) is 0 Å². The summed E-state index contributed by atoms with van der Waals surface area (Å²) in [6.07, 6.45) is 5.52. The van der Waals surface area contributed by atoms with E-state index in [1.54, 1.807) is 4.90 Å². The van der Waals surface area contributed by atoms with Crippen molar-refractivity contribution in [3.8, 4) is 0 Å². The number of quaternary nitrogens is 1. The normalized spacial score (nSPS) is 25.2. The number of nitrogens with one attached hydrogen (secondary N) is 1. The maximum Gasteiger partial charge on any atom is 0.254 e. The monoisotopic (exact) mass is 337 g/mol. The molecule has 2 aliphatic rings. The Kier molecular flexibility index (Phi) is 4.76. The molecule has 2 fully saturated rings. The Hall–Kier alpha value is -1.87. The van der Waals surface area contributed by atoms with Gasteiger partial charge in [0.2, 0.25) is 0 Å². The average molecular weight is 337 g/mol. The number of amides is 1. The summed E-state index contributed by atoms with van der Waals surface area (Å²) in [6.45, 7) is 6.39. The molecule has 1 aliphatic carbocycles. The van der Waals surface area contributed by atoms with Gasteiger partial charge in [-0.3, -0.25) is 4.79 Å². The largest absolute Gasteiger partial charge is 0.330 e. The third-order valence-corrected chi connectivity index (χ3v) is 6.23. The minimum Gasteiger partial charge on any atom is -0.330 e. The Morgan fingerprint density at radius 2 is 1.80 bits per heavy atom. The van der Waals surface area contributed by atoms with Crippen molar-refractivity contribution in [3.05, 3.63) is 48.0 Å². The highest BCUT2D eigenvalue weighted by atomic mass is 16.2. The van der Waals surface area contributed by atoms with E-state index in [0.717, 1.165) is 54.5 Å². The molecule has 1 N–H and O–H groups in total. The third-order valence-electron chi connectivity index (χ3n) is 6.23. The molecule has 0 spiro atoms. The van der Waals surface area contributed by atoms with Crippen molar-refractivity contribution < 1.29 is 9.69 Å². The lowest BCUT2D eigenvalue weighted by Crippen LogP contribution is -3.18. The van der Waals surface area contributed by atoms with E-state index in [2.05, 4.69) is 30.0 Å². The van der Waals surface area contributed by atoms with Crippen LogP contribution in [0.1, 0.15) is 43.0 Å². The SMILES string of the molecule is C[C@@H]1CCC[C@@H]([NH+]2CCN(C(=O)c3cccc4ccccc34)CC2)C1. The summed E-state index contributed by atoms with van der Waals surface area (Å²) in [5.74, 6) is 1.08. The van der Waals surface area contributed by atoms with Crippen LogP contribution in [-0.2, 0) is 0 Å². The van der Waals surface area contributed by atoms with E-state index in [1.165, 1.54) is 25.7 Å². The molecule has 3 nitrogen and oxygen atoms in total.